The van der Waals surface area contributed by atoms with E-state index in [1.165, 1.54) is 6.20 Å². The van der Waals surface area contributed by atoms with E-state index in [9.17, 15) is 9.90 Å². The fourth-order valence-electron chi connectivity index (χ4n) is 1.96. The monoisotopic (exact) mass is 327 g/mol. The Morgan fingerprint density at radius 3 is 2.92 bits per heavy atom. The molecule has 4 N–H and O–H groups in total. The van der Waals surface area contributed by atoms with Crippen molar-refractivity contribution in [1.29, 1.82) is 0 Å². The average Bonchev–Trinajstić information content (AvgIpc) is 2.57. The molecule has 2 rings (SSSR count). The molecule has 2 heterocycles. The summed E-state index contributed by atoms with van der Waals surface area (Å²) < 4.78 is 0. The van der Waals surface area contributed by atoms with Gasteiger partial charge < -0.3 is 15.8 Å². The molecule has 0 saturated carbocycles. The molecule has 0 atom stereocenters. The lowest BCUT2D eigenvalue weighted by Gasteiger charge is -2.05. The first-order valence-electron chi connectivity index (χ1n) is 7.68. The van der Waals surface area contributed by atoms with Crippen LogP contribution in [0.15, 0.2) is 40.5 Å². The SMILES string of the molecule is CC(C)CCN=CC(=CN)c1cc(-c2ncc(O)c(=O)[nH]2)ccn1. The van der Waals surface area contributed by atoms with Crippen molar-refractivity contribution in [1.82, 2.24) is 15.0 Å². The zero-order valence-corrected chi connectivity index (χ0v) is 13.7. The van der Waals surface area contributed by atoms with E-state index in [0.717, 1.165) is 19.2 Å². The van der Waals surface area contributed by atoms with Crippen molar-refractivity contribution < 1.29 is 5.11 Å². The van der Waals surface area contributed by atoms with E-state index in [0.29, 0.717) is 28.6 Å². The van der Waals surface area contributed by atoms with Gasteiger partial charge >= 0.3 is 0 Å². The lowest BCUT2D eigenvalue weighted by molar-refractivity contribution is 0.463. The lowest BCUT2D eigenvalue weighted by Crippen LogP contribution is -2.07. The number of hydrogen-bond donors (Lipinski definition) is 3. The molecular weight excluding hydrogens is 306 g/mol. The molecule has 0 spiro atoms. The highest BCUT2D eigenvalue weighted by Gasteiger charge is 2.07. The third kappa shape index (κ3) is 4.52. The topological polar surface area (TPSA) is 117 Å². The molecule has 0 unspecified atom stereocenters. The van der Waals surface area contributed by atoms with E-state index < -0.39 is 11.3 Å². The summed E-state index contributed by atoms with van der Waals surface area (Å²) in [6.07, 6.45) is 6.85. The Labute approximate surface area is 140 Å². The molecule has 2 aromatic rings. The van der Waals surface area contributed by atoms with Crippen LogP contribution in [0.25, 0.3) is 17.0 Å². The largest absolute Gasteiger partial charge is 0.502 e. The van der Waals surface area contributed by atoms with Gasteiger partial charge in [-0.1, -0.05) is 13.8 Å². The summed E-state index contributed by atoms with van der Waals surface area (Å²) in [7, 11) is 0. The lowest BCUT2D eigenvalue weighted by atomic mass is 10.1. The van der Waals surface area contributed by atoms with E-state index in [1.807, 2.05) is 0 Å². The van der Waals surface area contributed by atoms with E-state index in [4.69, 9.17) is 5.73 Å². The summed E-state index contributed by atoms with van der Waals surface area (Å²) in [6, 6.07) is 3.46. The van der Waals surface area contributed by atoms with E-state index in [-0.39, 0.29) is 0 Å². The van der Waals surface area contributed by atoms with Crippen LogP contribution in [0, 0.1) is 5.92 Å². The predicted molar refractivity (Wildman–Crippen MR) is 94.7 cm³/mol. The van der Waals surface area contributed by atoms with Gasteiger partial charge in [-0.25, -0.2) is 4.98 Å². The van der Waals surface area contributed by atoms with E-state index in [1.54, 1.807) is 24.5 Å². The van der Waals surface area contributed by atoms with Crippen LogP contribution in [0.1, 0.15) is 26.0 Å². The quantitative estimate of drug-likeness (QED) is 0.701. The molecular formula is C17H21N5O2. The molecule has 0 aliphatic rings. The summed E-state index contributed by atoms with van der Waals surface area (Å²) in [5.74, 6) is 0.508. The van der Waals surface area contributed by atoms with Gasteiger partial charge in [-0.15, -0.1) is 0 Å². The molecule has 126 valence electrons. The highest BCUT2D eigenvalue weighted by Crippen LogP contribution is 2.18. The number of H-pyrrole nitrogens is 1. The fourth-order valence-corrected chi connectivity index (χ4v) is 1.96. The average molecular weight is 327 g/mol. The van der Waals surface area contributed by atoms with Gasteiger partial charge in [0.2, 0.25) is 0 Å². The number of nitrogens with zero attached hydrogens (tertiary/aromatic N) is 3. The Bertz CT molecular complexity index is 809. The molecule has 7 heteroatoms. The third-order valence-electron chi connectivity index (χ3n) is 3.36. The number of aliphatic imine (C=N–C) groups is 1. The summed E-state index contributed by atoms with van der Waals surface area (Å²) in [5, 5.41) is 9.27. The number of pyridine rings is 1. The number of aromatic amines is 1. The minimum Gasteiger partial charge on any atom is -0.502 e. The van der Waals surface area contributed by atoms with Crippen molar-refractivity contribution in [3.63, 3.8) is 0 Å². The molecule has 0 bridgehead atoms. The van der Waals surface area contributed by atoms with Crippen molar-refractivity contribution in [2.45, 2.75) is 20.3 Å². The smallest absolute Gasteiger partial charge is 0.293 e. The molecule has 0 fully saturated rings. The summed E-state index contributed by atoms with van der Waals surface area (Å²) >= 11 is 0. The van der Waals surface area contributed by atoms with Crippen molar-refractivity contribution in [2.75, 3.05) is 6.54 Å². The van der Waals surface area contributed by atoms with E-state index >= 15 is 0 Å². The molecule has 24 heavy (non-hydrogen) atoms. The number of hydrogen-bond acceptors (Lipinski definition) is 6. The Hall–Kier alpha value is -2.96. The van der Waals surface area contributed by atoms with Gasteiger partial charge in [-0.05, 0) is 24.5 Å². The number of aromatic hydroxyl groups is 1. The molecule has 0 aliphatic heterocycles. The molecule has 7 nitrogen and oxygen atoms in total. The van der Waals surface area contributed by atoms with Crippen LogP contribution in [0.3, 0.4) is 0 Å². The molecule has 0 amide bonds. The van der Waals surface area contributed by atoms with E-state index in [2.05, 4.69) is 33.8 Å². The van der Waals surface area contributed by atoms with Crippen molar-refractivity contribution in [2.24, 2.45) is 16.6 Å². The fraction of sp³-hybridized carbons (Fsp3) is 0.294. The van der Waals surface area contributed by atoms with Crippen LogP contribution >= 0.6 is 0 Å². The maximum Gasteiger partial charge on any atom is 0.293 e. The first kappa shape index (κ1) is 17.4. The second-order valence-corrected chi connectivity index (χ2v) is 5.72. The molecule has 0 saturated heterocycles. The van der Waals surface area contributed by atoms with Gasteiger partial charge in [-0.2, -0.15) is 0 Å². The predicted octanol–water partition coefficient (Wildman–Crippen LogP) is 1.95. The summed E-state index contributed by atoms with van der Waals surface area (Å²) in [4.78, 5) is 26.7. The minimum absolute atomic E-state index is 0.342. The van der Waals surface area contributed by atoms with Crippen molar-refractivity contribution in [3.05, 3.63) is 46.8 Å². The van der Waals surface area contributed by atoms with Crippen LogP contribution in [-0.2, 0) is 0 Å². The van der Waals surface area contributed by atoms with Gasteiger partial charge in [-0.3, -0.25) is 14.8 Å². The highest BCUT2D eigenvalue weighted by molar-refractivity contribution is 6.09. The van der Waals surface area contributed by atoms with Gasteiger partial charge in [0.1, 0.15) is 5.82 Å². The van der Waals surface area contributed by atoms with Gasteiger partial charge in [0.25, 0.3) is 5.56 Å². The number of rotatable bonds is 6. The number of aromatic nitrogens is 3. The zero-order valence-electron chi connectivity index (χ0n) is 13.7. The summed E-state index contributed by atoms with van der Waals surface area (Å²) in [6.45, 7) is 5.01. The normalized spacial score (nSPS) is 12.2. The minimum atomic E-state index is -0.594. The first-order valence-corrected chi connectivity index (χ1v) is 7.68. The van der Waals surface area contributed by atoms with Crippen LogP contribution in [-0.4, -0.2) is 32.8 Å². The second-order valence-electron chi connectivity index (χ2n) is 5.72. The maximum absolute atomic E-state index is 11.5. The standard InChI is InChI=1S/C17H21N5O2/c1-11(2)3-5-19-9-13(8-18)14-7-12(4-6-20-14)16-21-10-15(23)17(24)22-16/h4,6-11,23H,3,5,18H2,1-2H3,(H,21,22,24). The Morgan fingerprint density at radius 1 is 1.46 bits per heavy atom. The van der Waals surface area contributed by atoms with Crippen LogP contribution in [0.4, 0.5) is 0 Å². The second kappa shape index (κ2) is 8.05. The molecule has 0 radical (unpaired) electrons. The van der Waals surface area contributed by atoms with Crippen LogP contribution < -0.4 is 11.3 Å². The molecule has 0 aromatic carbocycles. The van der Waals surface area contributed by atoms with Crippen molar-refractivity contribution >= 4 is 11.8 Å². The van der Waals surface area contributed by atoms with Crippen LogP contribution in [0.5, 0.6) is 5.75 Å². The van der Waals surface area contributed by atoms with Crippen molar-refractivity contribution in [3.8, 4) is 17.1 Å². The van der Waals surface area contributed by atoms with Crippen LogP contribution in [0.2, 0.25) is 0 Å². The Balaban J connectivity index is 2.25. The maximum atomic E-state index is 11.5. The zero-order chi connectivity index (χ0) is 17.5. The number of allylic oxidation sites excluding steroid dienone is 1. The first-order chi connectivity index (χ1) is 11.5. The highest BCUT2D eigenvalue weighted by atomic mass is 16.3. The number of nitrogens with two attached hydrogens (primary N) is 1. The van der Waals surface area contributed by atoms with Gasteiger partial charge in [0, 0.05) is 36.3 Å². The summed E-state index contributed by atoms with van der Waals surface area (Å²) in [5.41, 5.74) is 7.05. The van der Waals surface area contributed by atoms with Gasteiger partial charge in [0.15, 0.2) is 5.75 Å². The molecule has 2 aromatic heterocycles. The van der Waals surface area contributed by atoms with Gasteiger partial charge in [0.05, 0.1) is 11.9 Å². The third-order valence-corrected chi connectivity index (χ3v) is 3.36. The molecule has 0 aliphatic carbocycles. The Morgan fingerprint density at radius 2 is 2.25 bits per heavy atom. The number of nitrogens with one attached hydrogen (secondary N) is 1. The Kier molecular flexibility index (Phi) is 5.83.